The molecule has 27 heavy (non-hydrogen) atoms. The van der Waals surface area contributed by atoms with Crippen LogP contribution in [0.1, 0.15) is 0 Å². The van der Waals surface area contributed by atoms with Crippen molar-refractivity contribution < 1.29 is 21.9 Å². The monoisotopic (exact) mass is 416 g/mol. The fourth-order valence-electron chi connectivity index (χ4n) is 2.80. The van der Waals surface area contributed by atoms with Gasteiger partial charge in [0.25, 0.3) is 0 Å². The molecule has 5 nitrogen and oxygen atoms in total. The van der Waals surface area contributed by atoms with Crippen LogP contribution in [0, 0.1) is 11.6 Å². The van der Waals surface area contributed by atoms with E-state index in [1.54, 1.807) is 12.1 Å². The highest BCUT2D eigenvalue weighted by molar-refractivity contribution is 7.89. The van der Waals surface area contributed by atoms with Gasteiger partial charge in [-0.2, -0.15) is 4.31 Å². The lowest BCUT2D eigenvalue weighted by Crippen LogP contribution is -2.49. The highest BCUT2D eigenvalue weighted by Crippen LogP contribution is 2.23. The lowest BCUT2D eigenvalue weighted by Gasteiger charge is -2.33. The first-order valence-corrected chi connectivity index (χ1v) is 10.2. The lowest BCUT2D eigenvalue weighted by atomic mass is 10.3. The normalized spacial score (nSPS) is 16.4. The lowest BCUT2D eigenvalue weighted by molar-refractivity contribution is 0.159. The summed E-state index contributed by atoms with van der Waals surface area (Å²) in [5.74, 6) is -0.380. The van der Waals surface area contributed by atoms with E-state index in [2.05, 4.69) is 4.90 Å². The zero-order valence-electron chi connectivity index (χ0n) is 14.4. The Balaban J connectivity index is 1.50. The molecule has 1 heterocycles. The quantitative estimate of drug-likeness (QED) is 0.726. The summed E-state index contributed by atoms with van der Waals surface area (Å²) in [6, 6.07) is 9.20. The van der Waals surface area contributed by atoms with Gasteiger partial charge in [-0.05, 0) is 42.5 Å². The van der Waals surface area contributed by atoms with Crippen molar-refractivity contribution in [3.8, 4) is 5.75 Å². The molecule has 1 aliphatic heterocycles. The minimum atomic E-state index is -3.70. The number of hydrogen-bond acceptors (Lipinski definition) is 4. The van der Waals surface area contributed by atoms with E-state index in [-0.39, 0.29) is 15.7 Å². The number of halogens is 3. The number of benzene rings is 2. The second kappa shape index (κ2) is 8.52. The summed E-state index contributed by atoms with van der Waals surface area (Å²) >= 11 is 5.70. The molecule has 2 aromatic rings. The van der Waals surface area contributed by atoms with E-state index in [4.69, 9.17) is 16.3 Å². The molecule has 0 aromatic heterocycles. The molecule has 0 bridgehead atoms. The highest BCUT2D eigenvalue weighted by atomic mass is 35.5. The molecule has 3 rings (SSSR count). The molecule has 0 unspecified atom stereocenters. The average Bonchev–Trinajstić information content (AvgIpc) is 2.66. The van der Waals surface area contributed by atoms with Crippen molar-refractivity contribution in [3.63, 3.8) is 0 Å². The van der Waals surface area contributed by atoms with Crippen molar-refractivity contribution in [2.45, 2.75) is 4.90 Å². The molecule has 0 atom stereocenters. The smallest absolute Gasteiger partial charge is 0.243 e. The maximum Gasteiger partial charge on any atom is 0.243 e. The molecule has 0 aliphatic carbocycles. The Morgan fingerprint density at radius 3 is 2.30 bits per heavy atom. The molecular weight excluding hydrogens is 398 g/mol. The second-order valence-corrected chi connectivity index (χ2v) is 8.47. The largest absolute Gasteiger partial charge is 0.492 e. The number of sulfonamides is 1. The van der Waals surface area contributed by atoms with Crippen LogP contribution in [0.2, 0.25) is 5.02 Å². The summed E-state index contributed by atoms with van der Waals surface area (Å²) in [7, 11) is -3.70. The maximum atomic E-state index is 13.3. The van der Waals surface area contributed by atoms with Crippen LogP contribution in [0.15, 0.2) is 47.4 Å². The fourth-order valence-corrected chi connectivity index (χ4v) is 4.50. The summed E-state index contributed by atoms with van der Waals surface area (Å²) in [5.41, 5.74) is 0. The van der Waals surface area contributed by atoms with Crippen LogP contribution in [0.5, 0.6) is 5.75 Å². The first kappa shape index (κ1) is 20.0. The first-order valence-electron chi connectivity index (χ1n) is 8.42. The standard InChI is InChI=1S/C18H19ClF2N2O3S/c19-17-13-16(5-6-18(17)21)27(24,25)23-9-7-22(8-10-23)11-12-26-15-3-1-14(20)2-4-15/h1-6,13H,7-12H2. The predicted molar refractivity (Wildman–Crippen MR) is 98.5 cm³/mol. The molecular formula is C18H19ClF2N2O3S. The Labute approximate surface area is 162 Å². The molecule has 1 fully saturated rings. The van der Waals surface area contributed by atoms with E-state index in [1.165, 1.54) is 22.5 Å². The molecule has 0 saturated carbocycles. The Bertz CT molecular complexity index is 886. The molecule has 0 radical (unpaired) electrons. The van der Waals surface area contributed by atoms with Gasteiger partial charge in [-0.25, -0.2) is 17.2 Å². The van der Waals surface area contributed by atoms with Gasteiger partial charge in [-0.1, -0.05) is 11.6 Å². The third-order valence-electron chi connectivity index (χ3n) is 4.35. The van der Waals surface area contributed by atoms with E-state index in [9.17, 15) is 17.2 Å². The molecule has 146 valence electrons. The predicted octanol–water partition coefficient (Wildman–Crippen LogP) is 3.00. The highest BCUT2D eigenvalue weighted by Gasteiger charge is 2.28. The van der Waals surface area contributed by atoms with E-state index in [1.807, 2.05) is 0 Å². The van der Waals surface area contributed by atoms with Gasteiger partial charge >= 0.3 is 0 Å². The fraction of sp³-hybridized carbons (Fsp3) is 0.333. The Morgan fingerprint density at radius 2 is 1.67 bits per heavy atom. The third kappa shape index (κ3) is 4.95. The van der Waals surface area contributed by atoms with Gasteiger partial charge in [0.2, 0.25) is 10.0 Å². The molecule has 1 saturated heterocycles. The van der Waals surface area contributed by atoms with Crippen LogP contribution >= 0.6 is 11.6 Å². The van der Waals surface area contributed by atoms with Crippen LogP contribution in [-0.4, -0.2) is 57.0 Å². The van der Waals surface area contributed by atoms with Crippen molar-refractivity contribution >= 4 is 21.6 Å². The summed E-state index contributed by atoms with van der Waals surface area (Å²) in [4.78, 5) is 2.08. The van der Waals surface area contributed by atoms with Crippen molar-refractivity contribution in [1.29, 1.82) is 0 Å². The van der Waals surface area contributed by atoms with Gasteiger partial charge in [0, 0.05) is 32.7 Å². The van der Waals surface area contributed by atoms with Crippen molar-refractivity contribution in [2.75, 3.05) is 39.3 Å². The van der Waals surface area contributed by atoms with E-state index >= 15 is 0 Å². The van der Waals surface area contributed by atoms with Crippen LogP contribution in [0.3, 0.4) is 0 Å². The zero-order chi connectivity index (χ0) is 19.4. The number of ether oxygens (including phenoxy) is 1. The second-order valence-electron chi connectivity index (χ2n) is 6.12. The SMILES string of the molecule is O=S(=O)(c1ccc(F)c(Cl)c1)N1CCN(CCOc2ccc(F)cc2)CC1. The average molecular weight is 417 g/mol. The molecule has 0 N–H and O–H groups in total. The Morgan fingerprint density at radius 1 is 1.00 bits per heavy atom. The van der Waals surface area contributed by atoms with E-state index in [0.717, 1.165) is 12.1 Å². The molecule has 0 amide bonds. The van der Waals surface area contributed by atoms with Crippen molar-refractivity contribution in [2.24, 2.45) is 0 Å². The van der Waals surface area contributed by atoms with Crippen LogP contribution in [-0.2, 0) is 10.0 Å². The third-order valence-corrected chi connectivity index (χ3v) is 6.53. The number of nitrogens with zero attached hydrogens (tertiary/aromatic N) is 2. The maximum absolute atomic E-state index is 13.3. The van der Waals surface area contributed by atoms with Gasteiger partial charge in [0.15, 0.2) is 0 Å². The van der Waals surface area contributed by atoms with Crippen LogP contribution in [0.4, 0.5) is 8.78 Å². The number of hydrogen-bond donors (Lipinski definition) is 0. The van der Waals surface area contributed by atoms with Crippen molar-refractivity contribution in [1.82, 2.24) is 9.21 Å². The Hall–Kier alpha value is -1.74. The molecule has 1 aliphatic rings. The van der Waals surface area contributed by atoms with Gasteiger partial charge < -0.3 is 4.74 Å². The Kier molecular flexibility index (Phi) is 6.31. The summed E-state index contributed by atoms with van der Waals surface area (Å²) < 4.78 is 58.4. The van der Waals surface area contributed by atoms with Crippen LogP contribution < -0.4 is 4.74 Å². The summed E-state index contributed by atoms with van der Waals surface area (Å²) in [6.45, 7) is 2.82. The van der Waals surface area contributed by atoms with Gasteiger partial charge in [-0.3, -0.25) is 4.90 Å². The molecule has 0 spiro atoms. The minimum absolute atomic E-state index is 0.0120. The van der Waals surface area contributed by atoms with Crippen molar-refractivity contribution in [3.05, 3.63) is 59.1 Å². The van der Waals surface area contributed by atoms with E-state index in [0.29, 0.717) is 45.1 Å². The molecule has 9 heteroatoms. The first-order chi connectivity index (χ1) is 12.9. The van der Waals surface area contributed by atoms with Gasteiger partial charge in [-0.15, -0.1) is 0 Å². The van der Waals surface area contributed by atoms with Gasteiger partial charge in [0.1, 0.15) is 24.0 Å². The number of rotatable bonds is 6. The molecule has 2 aromatic carbocycles. The van der Waals surface area contributed by atoms with E-state index < -0.39 is 15.8 Å². The summed E-state index contributed by atoms with van der Waals surface area (Å²) in [6.07, 6.45) is 0. The van der Waals surface area contributed by atoms with Crippen LogP contribution in [0.25, 0.3) is 0 Å². The van der Waals surface area contributed by atoms with Gasteiger partial charge in [0.05, 0.1) is 9.92 Å². The minimum Gasteiger partial charge on any atom is -0.492 e. The topological polar surface area (TPSA) is 49.9 Å². The number of piperazine rings is 1. The zero-order valence-corrected chi connectivity index (χ0v) is 16.0. The summed E-state index contributed by atoms with van der Waals surface area (Å²) in [5, 5.41) is -0.215.